The van der Waals surface area contributed by atoms with Gasteiger partial charge in [-0.2, -0.15) is 0 Å². The molecule has 1 atom stereocenters. The van der Waals surface area contributed by atoms with E-state index in [0.29, 0.717) is 16.8 Å². The Morgan fingerprint density at radius 2 is 1.86 bits per heavy atom. The van der Waals surface area contributed by atoms with Gasteiger partial charge < -0.3 is 24.5 Å². The molecular formula is C27H29ClF3N5O7S. The number of esters is 1. The van der Waals surface area contributed by atoms with Gasteiger partial charge in [-0.15, -0.1) is 13.2 Å². The van der Waals surface area contributed by atoms with Crippen LogP contribution in [-0.4, -0.2) is 56.0 Å². The molecule has 238 valence electrons. The van der Waals surface area contributed by atoms with Crippen LogP contribution in [0.1, 0.15) is 30.7 Å². The van der Waals surface area contributed by atoms with Gasteiger partial charge in [0.2, 0.25) is 11.6 Å². The highest BCUT2D eigenvalue weighted by atomic mass is 35.5. The zero-order chi connectivity index (χ0) is 32.7. The van der Waals surface area contributed by atoms with Crippen molar-refractivity contribution in [1.29, 1.82) is 0 Å². The van der Waals surface area contributed by atoms with Gasteiger partial charge >= 0.3 is 18.0 Å². The molecule has 0 saturated heterocycles. The summed E-state index contributed by atoms with van der Waals surface area (Å²) in [7, 11) is 2.77. The summed E-state index contributed by atoms with van der Waals surface area (Å²) >= 11 is 7.05. The molecule has 0 bridgehead atoms. The Kier molecular flexibility index (Phi) is 9.46. The zero-order valence-corrected chi connectivity index (χ0v) is 25.8. The molecule has 17 heteroatoms. The summed E-state index contributed by atoms with van der Waals surface area (Å²) in [6, 6.07) is 2.73. The third-order valence-electron chi connectivity index (χ3n) is 6.93. The predicted molar refractivity (Wildman–Crippen MR) is 156 cm³/mol. The lowest BCUT2D eigenvalue weighted by Crippen LogP contribution is -2.43. The van der Waals surface area contributed by atoms with E-state index in [-0.39, 0.29) is 47.6 Å². The molecule has 0 aliphatic carbocycles. The number of carbonyl (C=O) groups excluding carboxylic acids is 2. The molecule has 0 fully saturated rings. The zero-order valence-electron chi connectivity index (χ0n) is 24.2. The first-order valence-electron chi connectivity index (χ1n) is 13.1. The van der Waals surface area contributed by atoms with Crippen molar-refractivity contribution in [3.8, 4) is 5.75 Å². The third kappa shape index (κ3) is 6.76. The molecule has 0 radical (unpaired) electrons. The molecule has 1 aliphatic heterocycles. The van der Waals surface area contributed by atoms with Crippen molar-refractivity contribution in [1.82, 2.24) is 18.3 Å². The molecule has 2 aromatic heterocycles. The van der Waals surface area contributed by atoms with E-state index in [0.717, 1.165) is 22.6 Å². The van der Waals surface area contributed by atoms with Crippen LogP contribution in [0.15, 0.2) is 37.6 Å². The average Bonchev–Trinajstić information content (AvgIpc) is 3.28. The lowest BCUT2D eigenvalue weighted by atomic mass is 10.1. The maximum Gasteiger partial charge on any atom is 0.573 e. The minimum atomic E-state index is -4.95. The third-order valence-corrected chi connectivity index (χ3v) is 8.13. The number of aryl methyl sites for hydroxylation is 2. The minimum absolute atomic E-state index is 0.0386. The van der Waals surface area contributed by atoms with Crippen LogP contribution in [0.5, 0.6) is 5.75 Å². The summed E-state index contributed by atoms with van der Waals surface area (Å²) in [6.45, 7) is 4.57. The van der Waals surface area contributed by atoms with E-state index in [1.54, 1.807) is 20.8 Å². The standard InChI is InChI=1S/C27H29ClF3N5O7S/c1-13(2)22(32)25(39)41-12-35-11-36(44-10-18(35)15-6-7-19(17(28)8-15)43-27(29,30)31)20(37)9-16-14(3)42-24-21(16)23(38)33(4)26(40)34(24)5/h6-8,10,13,22H,9,11-12,32H2,1-5H3/t22-/m0/s1. The summed E-state index contributed by atoms with van der Waals surface area (Å²) in [5.74, 6) is -1.67. The van der Waals surface area contributed by atoms with Crippen LogP contribution in [0.4, 0.5) is 13.2 Å². The van der Waals surface area contributed by atoms with Crippen LogP contribution in [-0.2, 0) is 34.8 Å². The van der Waals surface area contributed by atoms with Crippen molar-refractivity contribution in [2.45, 2.75) is 39.6 Å². The Bertz CT molecular complexity index is 1770. The molecule has 3 aromatic rings. The first-order valence-corrected chi connectivity index (χ1v) is 14.3. The number of fused-ring (bicyclic) bond motifs is 1. The van der Waals surface area contributed by atoms with Crippen molar-refractivity contribution in [2.75, 3.05) is 13.4 Å². The number of nitrogens with zero attached hydrogens (tertiary/aromatic N) is 4. The van der Waals surface area contributed by atoms with Crippen molar-refractivity contribution < 1.29 is 36.7 Å². The van der Waals surface area contributed by atoms with Gasteiger partial charge in [0, 0.05) is 30.6 Å². The number of benzene rings is 1. The van der Waals surface area contributed by atoms with Crippen LogP contribution in [0.2, 0.25) is 5.02 Å². The molecule has 2 N–H and O–H groups in total. The van der Waals surface area contributed by atoms with E-state index in [1.807, 2.05) is 0 Å². The SMILES string of the molecule is Cc1oc2c(c1CC(=O)N1CN(COC(=O)[C@@H](N)C(C)C)C(c3ccc(OC(F)(F)F)c(Cl)c3)=CS1)c(=O)n(C)c(=O)n2C. The molecule has 44 heavy (non-hydrogen) atoms. The number of rotatable bonds is 8. The van der Waals surface area contributed by atoms with Crippen molar-refractivity contribution >= 4 is 52.2 Å². The number of ether oxygens (including phenoxy) is 2. The summed E-state index contributed by atoms with van der Waals surface area (Å²) in [6.07, 6.45) is -5.21. The number of aromatic nitrogens is 2. The molecule has 0 saturated carbocycles. The van der Waals surface area contributed by atoms with E-state index in [2.05, 4.69) is 4.74 Å². The van der Waals surface area contributed by atoms with Gasteiger partial charge in [-0.1, -0.05) is 25.4 Å². The van der Waals surface area contributed by atoms with Gasteiger partial charge in [0.05, 0.1) is 17.1 Å². The van der Waals surface area contributed by atoms with Crippen LogP contribution in [0.25, 0.3) is 16.8 Å². The van der Waals surface area contributed by atoms with Crippen LogP contribution < -0.4 is 21.7 Å². The molecule has 4 rings (SSSR count). The second kappa shape index (κ2) is 12.6. The normalized spacial score (nSPS) is 14.7. The van der Waals surface area contributed by atoms with Crippen molar-refractivity contribution in [3.63, 3.8) is 0 Å². The van der Waals surface area contributed by atoms with E-state index in [1.165, 1.54) is 45.4 Å². The van der Waals surface area contributed by atoms with Crippen LogP contribution in [0.3, 0.4) is 0 Å². The Hall–Kier alpha value is -3.89. The monoisotopic (exact) mass is 659 g/mol. The molecule has 3 heterocycles. The quantitative estimate of drug-likeness (QED) is 0.282. The number of hydrogen-bond donors (Lipinski definition) is 1. The molecule has 1 amide bonds. The van der Waals surface area contributed by atoms with Crippen molar-refractivity contribution in [2.24, 2.45) is 25.7 Å². The summed E-state index contributed by atoms with van der Waals surface area (Å²) < 4.78 is 56.7. The van der Waals surface area contributed by atoms with Gasteiger partial charge in [-0.05, 0) is 43.0 Å². The number of hydrogen-bond acceptors (Lipinski definition) is 10. The highest BCUT2D eigenvalue weighted by Gasteiger charge is 2.33. The largest absolute Gasteiger partial charge is 0.573 e. The lowest BCUT2D eigenvalue weighted by Gasteiger charge is -2.36. The summed E-state index contributed by atoms with van der Waals surface area (Å²) in [4.78, 5) is 52.8. The highest BCUT2D eigenvalue weighted by molar-refractivity contribution is 8.00. The molecule has 12 nitrogen and oxygen atoms in total. The fraction of sp³-hybridized carbons (Fsp3) is 0.407. The number of halogens is 4. The van der Waals surface area contributed by atoms with E-state index in [4.69, 9.17) is 26.5 Å². The van der Waals surface area contributed by atoms with Gasteiger partial charge in [0.1, 0.15) is 29.6 Å². The summed E-state index contributed by atoms with van der Waals surface area (Å²) in [5.41, 5.74) is 5.80. The maximum absolute atomic E-state index is 13.5. The minimum Gasteiger partial charge on any atom is -0.444 e. The Labute approximate surface area is 257 Å². The number of furan rings is 1. The second-order valence-electron chi connectivity index (χ2n) is 10.3. The first-order chi connectivity index (χ1) is 20.5. The highest BCUT2D eigenvalue weighted by Crippen LogP contribution is 2.36. The molecule has 0 spiro atoms. The van der Waals surface area contributed by atoms with Crippen LogP contribution in [0, 0.1) is 12.8 Å². The van der Waals surface area contributed by atoms with Crippen molar-refractivity contribution in [3.05, 3.63) is 66.4 Å². The Balaban J connectivity index is 1.64. The predicted octanol–water partition coefficient (Wildman–Crippen LogP) is 3.47. The number of nitrogens with two attached hydrogens (primary N) is 1. The number of alkyl halides is 3. The van der Waals surface area contributed by atoms with Gasteiger partial charge in [0.25, 0.3) is 5.56 Å². The van der Waals surface area contributed by atoms with E-state index >= 15 is 0 Å². The first kappa shape index (κ1) is 33.0. The van der Waals surface area contributed by atoms with E-state index in [9.17, 15) is 32.3 Å². The van der Waals surface area contributed by atoms with Gasteiger partial charge in [-0.25, -0.2) is 4.79 Å². The van der Waals surface area contributed by atoms with Crippen LogP contribution >= 0.6 is 23.5 Å². The second-order valence-corrected chi connectivity index (χ2v) is 11.6. The molecule has 1 aliphatic rings. The van der Waals surface area contributed by atoms with Gasteiger partial charge in [0.15, 0.2) is 6.73 Å². The topological polar surface area (TPSA) is 142 Å². The lowest BCUT2D eigenvalue weighted by molar-refractivity contribution is -0.274. The average molecular weight is 660 g/mol. The summed E-state index contributed by atoms with van der Waals surface area (Å²) in [5, 5.41) is 1.32. The maximum atomic E-state index is 13.5. The molecule has 0 unspecified atom stereocenters. The molecule has 1 aromatic carbocycles. The number of carbonyl (C=O) groups is 2. The smallest absolute Gasteiger partial charge is 0.444 e. The Morgan fingerprint density at radius 3 is 2.48 bits per heavy atom. The van der Waals surface area contributed by atoms with Gasteiger partial charge in [-0.3, -0.25) is 27.8 Å². The molecular weight excluding hydrogens is 631 g/mol. The number of amides is 1. The Morgan fingerprint density at radius 1 is 1.18 bits per heavy atom. The van der Waals surface area contributed by atoms with E-state index < -0.39 is 41.3 Å². The fourth-order valence-corrected chi connectivity index (χ4v) is 5.49. The fourth-order valence-electron chi connectivity index (χ4n) is 4.37.